The minimum atomic E-state index is -1.11. The van der Waals surface area contributed by atoms with E-state index >= 15 is 0 Å². The lowest BCUT2D eigenvalue weighted by atomic mass is 10.1. The first kappa shape index (κ1) is 17.1. The standard InChI is InChI=1S/C18H20N2O5/c1-11(20-14(21)9-10-15(20)22)18(24)25-16(12-5-3-2-4-6-12)17(23)19-13-7-8-13/h2-6,11,13,16H,7-10H2,1H3,(H,19,23)/t11-,16-/m0/s1. The average molecular weight is 344 g/mol. The van der Waals surface area contributed by atoms with E-state index in [1.54, 1.807) is 30.3 Å². The first-order valence-corrected chi connectivity index (χ1v) is 8.38. The highest BCUT2D eigenvalue weighted by Crippen LogP contribution is 2.24. The summed E-state index contributed by atoms with van der Waals surface area (Å²) < 4.78 is 5.40. The average Bonchev–Trinajstić information content (AvgIpc) is 3.35. The third kappa shape index (κ3) is 3.87. The van der Waals surface area contributed by atoms with E-state index in [9.17, 15) is 19.2 Å². The highest BCUT2D eigenvalue weighted by atomic mass is 16.5. The van der Waals surface area contributed by atoms with E-state index in [1.165, 1.54) is 6.92 Å². The van der Waals surface area contributed by atoms with E-state index < -0.39 is 35.8 Å². The van der Waals surface area contributed by atoms with Crippen LogP contribution in [-0.2, 0) is 23.9 Å². The smallest absolute Gasteiger partial charge is 0.330 e. The van der Waals surface area contributed by atoms with Crippen LogP contribution in [0.3, 0.4) is 0 Å². The number of nitrogens with zero attached hydrogens (tertiary/aromatic N) is 1. The molecule has 0 radical (unpaired) electrons. The van der Waals surface area contributed by atoms with Gasteiger partial charge in [-0.2, -0.15) is 0 Å². The van der Waals surface area contributed by atoms with Crippen LogP contribution in [0.25, 0.3) is 0 Å². The highest BCUT2D eigenvalue weighted by molar-refractivity contribution is 6.05. The number of hydrogen-bond donors (Lipinski definition) is 1. The van der Waals surface area contributed by atoms with Crippen LogP contribution in [0, 0.1) is 0 Å². The molecule has 2 atom stereocenters. The zero-order valence-corrected chi connectivity index (χ0v) is 13.9. The summed E-state index contributed by atoms with van der Waals surface area (Å²) in [5.41, 5.74) is 0.542. The van der Waals surface area contributed by atoms with Crippen LogP contribution in [0.5, 0.6) is 0 Å². The van der Waals surface area contributed by atoms with Crippen molar-refractivity contribution in [1.82, 2.24) is 10.2 Å². The van der Waals surface area contributed by atoms with Crippen molar-refractivity contribution in [3.63, 3.8) is 0 Å². The van der Waals surface area contributed by atoms with Gasteiger partial charge in [0.05, 0.1) is 0 Å². The molecule has 0 spiro atoms. The molecule has 25 heavy (non-hydrogen) atoms. The fourth-order valence-electron chi connectivity index (χ4n) is 2.75. The lowest BCUT2D eigenvalue weighted by molar-refractivity contribution is -0.164. The summed E-state index contributed by atoms with van der Waals surface area (Å²) >= 11 is 0. The van der Waals surface area contributed by atoms with Gasteiger partial charge in [-0.1, -0.05) is 30.3 Å². The molecule has 2 aliphatic rings. The first-order chi connectivity index (χ1) is 12.0. The molecule has 1 aromatic rings. The molecule has 1 aromatic carbocycles. The molecule has 7 heteroatoms. The third-order valence-electron chi connectivity index (χ3n) is 4.32. The molecule has 1 saturated heterocycles. The Kier molecular flexibility index (Phi) is 4.83. The molecule has 3 rings (SSSR count). The van der Waals surface area contributed by atoms with Crippen molar-refractivity contribution in [2.75, 3.05) is 0 Å². The minimum Gasteiger partial charge on any atom is -0.446 e. The molecule has 132 valence electrons. The maximum absolute atomic E-state index is 12.5. The number of carbonyl (C=O) groups is 4. The molecular weight excluding hydrogens is 324 g/mol. The second-order valence-electron chi connectivity index (χ2n) is 6.34. The van der Waals surface area contributed by atoms with Gasteiger partial charge in [0.15, 0.2) is 0 Å². The number of imide groups is 1. The summed E-state index contributed by atoms with van der Waals surface area (Å²) in [4.78, 5) is 49.4. The number of amides is 3. The number of esters is 1. The third-order valence-corrected chi connectivity index (χ3v) is 4.32. The zero-order chi connectivity index (χ0) is 18.0. The molecule has 0 bridgehead atoms. The van der Waals surface area contributed by atoms with Gasteiger partial charge in [-0.3, -0.25) is 19.3 Å². The summed E-state index contributed by atoms with van der Waals surface area (Å²) in [6.45, 7) is 1.43. The van der Waals surface area contributed by atoms with Gasteiger partial charge in [-0.05, 0) is 19.8 Å². The van der Waals surface area contributed by atoms with Crippen molar-refractivity contribution in [1.29, 1.82) is 0 Å². The van der Waals surface area contributed by atoms with Gasteiger partial charge in [-0.15, -0.1) is 0 Å². The second-order valence-corrected chi connectivity index (χ2v) is 6.34. The lowest BCUT2D eigenvalue weighted by Crippen LogP contribution is -2.44. The Labute approximate surface area is 145 Å². The van der Waals surface area contributed by atoms with Crippen LogP contribution in [0.15, 0.2) is 30.3 Å². The van der Waals surface area contributed by atoms with Crippen molar-refractivity contribution in [2.24, 2.45) is 0 Å². The summed E-state index contributed by atoms with van der Waals surface area (Å²) in [5, 5.41) is 2.82. The number of nitrogens with one attached hydrogen (secondary N) is 1. The van der Waals surface area contributed by atoms with Gasteiger partial charge < -0.3 is 10.1 Å². The van der Waals surface area contributed by atoms with Crippen molar-refractivity contribution < 1.29 is 23.9 Å². The quantitative estimate of drug-likeness (QED) is 0.616. The van der Waals surface area contributed by atoms with E-state index in [4.69, 9.17) is 4.74 Å². The Bertz CT molecular complexity index is 683. The fraction of sp³-hybridized carbons (Fsp3) is 0.444. The maximum Gasteiger partial charge on any atom is 0.330 e. The molecule has 0 aromatic heterocycles. The number of likely N-dealkylation sites (tertiary alicyclic amines) is 1. The SMILES string of the molecule is C[C@@H](C(=O)O[C@H](C(=O)NC1CC1)c1ccccc1)N1C(=O)CCC1=O. The van der Waals surface area contributed by atoms with Gasteiger partial charge in [0.1, 0.15) is 6.04 Å². The van der Waals surface area contributed by atoms with Crippen molar-refractivity contribution in [2.45, 2.75) is 50.8 Å². The van der Waals surface area contributed by atoms with E-state index in [0.29, 0.717) is 5.56 Å². The van der Waals surface area contributed by atoms with Crippen LogP contribution in [-0.4, -0.2) is 40.7 Å². The van der Waals surface area contributed by atoms with Crippen molar-refractivity contribution in [3.8, 4) is 0 Å². The molecule has 2 fully saturated rings. The van der Waals surface area contributed by atoms with Gasteiger partial charge in [0.2, 0.25) is 17.9 Å². The lowest BCUT2D eigenvalue weighted by Gasteiger charge is -2.24. The number of rotatable bonds is 6. The van der Waals surface area contributed by atoms with Crippen LogP contribution in [0.1, 0.15) is 44.3 Å². The van der Waals surface area contributed by atoms with Gasteiger partial charge >= 0.3 is 5.97 Å². The Morgan fingerprint density at radius 2 is 1.72 bits per heavy atom. The largest absolute Gasteiger partial charge is 0.446 e. The van der Waals surface area contributed by atoms with Gasteiger partial charge in [0.25, 0.3) is 5.91 Å². The van der Waals surface area contributed by atoms with E-state index in [0.717, 1.165) is 17.7 Å². The molecule has 1 heterocycles. The van der Waals surface area contributed by atoms with Crippen molar-refractivity contribution >= 4 is 23.7 Å². The van der Waals surface area contributed by atoms with Crippen LogP contribution < -0.4 is 5.32 Å². The Morgan fingerprint density at radius 3 is 2.28 bits per heavy atom. The summed E-state index contributed by atoms with van der Waals surface area (Å²) in [6.07, 6.45) is 0.911. The monoisotopic (exact) mass is 344 g/mol. The molecule has 1 saturated carbocycles. The second kappa shape index (κ2) is 7.04. The number of ether oxygens (including phenoxy) is 1. The predicted molar refractivity (Wildman–Crippen MR) is 87.0 cm³/mol. The molecule has 1 aliphatic heterocycles. The minimum absolute atomic E-state index is 0.0979. The molecule has 1 N–H and O–H groups in total. The Hall–Kier alpha value is -2.70. The normalized spacial score (nSPS) is 19.5. The molecule has 1 aliphatic carbocycles. The molecule has 0 unspecified atom stereocenters. The van der Waals surface area contributed by atoms with Gasteiger partial charge in [-0.25, -0.2) is 4.79 Å². The Morgan fingerprint density at radius 1 is 1.12 bits per heavy atom. The molecule has 3 amide bonds. The predicted octanol–water partition coefficient (Wildman–Crippen LogP) is 1.09. The number of benzene rings is 1. The van der Waals surface area contributed by atoms with Crippen molar-refractivity contribution in [3.05, 3.63) is 35.9 Å². The summed E-state index contributed by atoms with van der Waals surface area (Å²) in [7, 11) is 0. The fourth-order valence-corrected chi connectivity index (χ4v) is 2.75. The topological polar surface area (TPSA) is 92.8 Å². The number of carbonyl (C=O) groups excluding carboxylic acids is 4. The molecular formula is C18H20N2O5. The highest BCUT2D eigenvalue weighted by Gasteiger charge is 2.39. The van der Waals surface area contributed by atoms with E-state index in [1.807, 2.05) is 0 Å². The van der Waals surface area contributed by atoms with E-state index in [2.05, 4.69) is 5.32 Å². The van der Waals surface area contributed by atoms with Crippen LogP contribution >= 0.6 is 0 Å². The zero-order valence-electron chi connectivity index (χ0n) is 13.9. The van der Waals surface area contributed by atoms with Crippen LogP contribution in [0.2, 0.25) is 0 Å². The maximum atomic E-state index is 12.5. The first-order valence-electron chi connectivity index (χ1n) is 8.38. The van der Waals surface area contributed by atoms with E-state index in [-0.39, 0.29) is 18.9 Å². The number of hydrogen-bond acceptors (Lipinski definition) is 5. The molecule has 7 nitrogen and oxygen atoms in total. The summed E-state index contributed by atoms with van der Waals surface area (Å²) in [6, 6.07) is 7.75. The summed E-state index contributed by atoms with van der Waals surface area (Å²) in [5.74, 6) is -1.96. The Balaban J connectivity index is 1.74. The van der Waals surface area contributed by atoms with Crippen LogP contribution in [0.4, 0.5) is 0 Å². The van der Waals surface area contributed by atoms with Gasteiger partial charge in [0, 0.05) is 24.4 Å².